The SMILES string of the molecule is ClCSc1cc(Cl)ccc1Cl. The minimum Gasteiger partial charge on any atom is -0.114 e. The van der Waals surface area contributed by atoms with E-state index in [1.807, 2.05) is 0 Å². The molecular weight excluding hydrogens is 223 g/mol. The molecule has 0 radical (unpaired) electrons. The van der Waals surface area contributed by atoms with Crippen LogP contribution in [0.15, 0.2) is 23.1 Å². The second-order valence-corrected chi connectivity index (χ2v) is 4.27. The Balaban J connectivity index is 2.93. The van der Waals surface area contributed by atoms with E-state index in [-0.39, 0.29) is 0 Å². The van der Waals surface area contributed by atoms with Crippen LogP contribution in [0, 0.1) is 0 Å². The van der Waals surface area contributed by atoms with Crippen molar-refractivity contribution in [3.8, 4) is 0 Å². The number of benzene rings is 1. The summed E-state index contributed by atoms with van der Waals surface area (Å²) >= 11 is 18.6. The summed E-state index contributed by atoms with van der Waals surface area (Å²) in [7, 11) is 0. The lowest BCUT2D eigenvalue weighted by Gasteiger charge is -2.00. The first-order chi connectivity index (χ1) is 5.24. The van der Waals surface area contributed by atoms with Crippen LogP contribution in [0.4, 0.5) is 0 Å². The molecule has 0 amide bonds. The standard InChI is InChI=1S/C7H5Cl3S/c8-4-11-7-3-5(9)1-2-6(7)10/h1-3H,4H2. The van der Waals surface area contributed by atoms with Gasteiger partial charge in [-0.2, -0.15) is 0 Å². The molecule has 0 spiro atoms. The predicted octanol–water partition coefficient (Wildman–Crippen LogP) is 4.28. The molecule has 11 heavy (non-hydrogen) atoms. The Kier molecular flexibility index (Phi) is 3.86. The molecule has 0 bridgehead atoms. The summed E-state index contributed by atoms with van der Waals surface area (Å²) in [6, 6.07) is 5.32. The van der Waals surface area contributed by atoms with E-state index >= 15 is 0 Å². The third kappa shape index (κ3) is 2.75. The van der Waals surface area contributed by atoms with E-state index in [2.05, 4.69) is 0 Å². The van der Waals surface area contributed by atoms with Crippen LogP contribution >= 0.6 is 46.6 Å². The molecule has 0 aromatic heterocycles. The largest absolute Gasteiger partial charge is 0.114 e. The van der Waals surface area contributed by atoms with Gasteiger partial charge in [0.15, 0.2) is 0 Å². The molecule has 0 fully saturated rings. The van der Waals surface area contributed by atoms with Crippen LogP contribution in [-0.4, -0.2) is 5.21 Å². The van der Waals surface area contributed by atoms with E-state index in [9.17, 15) is 0 Å². The summed E-state index contributed by atoms with van der Waals surface area (Å²) < 4.78 is 0. The number of hydrogen-bond acceptors (Lipinski definition) is 1. The Morgan fingerprint density at radius 2 is 2.00 bits per heavy atom. The molecule has 1 aromatic rings. The van der Waals surface area contributed by atoms with Crippen molar-refractivity contribution in [2.75, 3.05) is 5.21 Å². The van der Waals surface area contributed by atoms with Gasteiger partial charge < -0.3 is 0 Å². The van der Waals surface area contributed by atoms with Gasteiger partial charge >= 0.3 is 0 Å². The molecule has 1 rings (SSSR count). The number of hydrogen-bond donors (Lipinski definition) is 0. The highest BCUT2D eigenvalue weighted by Crippen LogP contribution is 2.30. The van der Waals surface area contributed by atoms with E-state index in [0.29, 0.717) is 15.3 Å². The fourth-order valence-corrected chi connectivity index (χ4v) is 2.05. The fraction of sp³-hybridized carbons (Fsp3) is 0.143. The van der Waals surface area contributed by atoms with Gasteiger partial charge in [-0.3, -0.25) is 0 Å². The van der Waals surface area contributed by atoms with Gasteiger partial charge in [-0.25, -0.2) is 0 Å². The van der Waals surface area contributed by atoms with Gasteiger partial charge in [0.2, 0.25) is 0 Å². The second-order valence-electron chi connectivity index (χ2n) is 1.83. The number of halogens is 3. The topological polar surface area (TPSA) is 0 Å². The average Bonchev–Trinajstić information content (AvgIpc) is 1.98. The van der Waals surface area contributed by atoms with Crippen molar-refractivity contribution < 1.29 is 0 Å². The minimum absolute atomic E-state index is 0.486. The molecule has 4 heteroatoms. The molecule has 0 aliphatic rings. The van der Waals surface area contributed by atoms with Crippen LogP contribution in [0.1, 0.15) is 0 Å². The van der Waals surface area contributed by atoms with E-state index in [1.54, 1.807) is 18.2 Å². The zero-order chi connectivity index (χ0) is 8.27. The highest BCUT2D eigenvalue weighted by atomic mass is 35.5. The van der Waals surface area contributed by atoms with Crippen molar-refractivity contribution in [2.24, 2.45) is 0 Å². The smallest absolute Gasteiger partial charge is 0.0728 e. The summed E-state index contributed by atoms with van der Waals surface area (Å²) in [5.74, 6) is 0. The van der Waals surface area contributed by atoms with Crippen LogP contribution < -0.4 is 0 Å². The molecule has 0 unspecified atom stereocenters. The molecule has 0 saturated heterocycles. The lowest BCUT2D eigenvalue weighted by atomic mass is 10.4. The van der Waals surface area contributed by atoms with E-state index in [1.165, 1.54) is 11.8 Å². The van der Waals surface area contributed by atoms with Crippen molar-refractivity contribution in [3.63, 3.8) is 0 Å². The predicted molar refractivity (Wildman–Crippen MR) is 53.0 cm³/mol. The highest BCUT2D eigenvalue weighted by molar-refractivity contribution is 8.00. The summed E-state index contributed by atoms with van der Waals surface area (Å²) in [5.41, 5.74) is 0. The maximum atomic E-state index is 5.84. The second kappa shape index (κ2) is 4.46. The van der Waals surface area contributed by atoms with Crippen molar-refractivity contribution in [3.05, 3.63) is 28.2 Å². The normalized spacial score (nSPS) is 10.1. The van der Waals surface area contributed by atoms with Crippen molar-refractivity contribution in [2.45, 2.75) is 4.90 Å². The van der Waals surface area contributed by atoms with Crippen LogP contribution in [-0.2, 0) is 0 Å². The molecule has 1 aromatic carbocycles. The fourth-order valence-electron chi connectivity index (χ4n) is 0.647. The lowest BCUT2D eigenvalue weighted by molar-refractivity contribution is 1.46. The lowest BCUT2D eigenvalue weighted by Crippen LogP contribution is -1.73. The summed E-state index contributed by atoms with van der Waals surface area (Å²) in [4.78, 5) is 0.925. The Labute approximate surface area is 84.8 Å². The van der Waals surface area contributed by atoms with Crippen molar-refractivity contribution >= 4 is 46.6 Å². The van der Waals surface area contributed by atoms with Gasteiger partial charge in [0, 0.05) is 9.92 Å². The van der Waals surface area contributed by atoms with Gasteiger partial charge in [-0.05, 0) is 18.2 Å². The minimum atomic E-state index is 0.486. The number of rotatable bonds is 2. The average molecular weight is 228 g/mol. The number of alkyl halides is 1. The Bertz CT molecular complexity index is 249. The molecule has 0 aliphatic carbocycles. The maximum absolute atomic E-state index is 5.84. The summed E-state index contributed by atoms with van der Waals surface area (Å²) in [5, 5.41) is 1.86. The first-order valence-electron chi connectivity index (χ1n) is 2.88. The third-order valence-corrected chi connectivity index (χ3v) is 2.87. The molecule has 0 saturated carbocycles. The molecule has 0 heterocycles. The molecular formula is C7H5Cl3S. The van der Waals surface area contributed by atoms with Crippen LogP contribution in [0.2, 0.25) is 10.0 Å². The summed E-state index contributed by atoms with van der Waals surface area (Å²) in [6.07, 6.45) is 0. The van der Waals surface area contributed by atoms with Gasteiger partial charge in [-0.15, -0.1) is 23.4 Å². The Morgan fingerprint density at radius 3 is 2.64 bits per heavy atom. The van der Waals surface area contributed by atoms with Gasteiger partial charge in [-0.1, -0.05) is 23.2 Å². The Hall–Kier alpha value is 0.440. The molecule has 0 nitrogen and oxygen atoms in total. The highest BCUT2D eigenvalue weighted by Gasteiger charge is 1.99. The van der Waals surface area contributed by atoms with Crippen LogP contribution in [0.3, 0.4) is 0 Å². The van der Waals surface area contributed by atoms with Crippen LogP contribution in [0.5, 0.6) is 0 Å². The van der Waals surface area contributed by atoms with E-state index < -0.39 is 0 Å². The molecule has 0 N–H and O–H groups in total. The van der Waals surface area contributed by atoms with Gasteiger partial charge in [0.05, 0.1) is 10.2 Å². The quantitative estimate of drug-likeness (QED) is 0.537. The summed E-state index contributed by atoms with van der Waals surface area (Å²) in [6.45, 7) is 0. The molecule has 0 atom stereocenters. The Morgan fingerprint density at radius 1 is 1.27 bits per heavy atom. The first kappa shape index (κ1) is 9.53. The van der Waals surface area contributed by atoms with Gasteiger partial charge in [0.25, 0.3) is 0 Å². The van der Waals surface area contributed by atoms with E-state index in [4.69, 9.17) is 34.8 Å². The van der Waals surface area contributed by atoms with Crippen molar-refractivity contribution in [1.29, 1.82) is 0 Å². The zero-order valence-corrected chi connectivity index (χ0v) is 8.57. The first-order valence-corrected chi connectivity index (χ1v) is 5.15. The van der Waals surface area contributed by atoms with Crippen molar-refractivity contribution in [1.82, 2.24) is 0 Å². The monoisotopic (exact) mass is 226 g/mol. The van der Waals surface area contributed by atoms with E-state index in [0.717, 1.165) is 4.90 Å². The zero-order valence-electron chi connectivity index (χ0n) is 5.48. The van der Waals surface area contributed by atoms with Gasteiger partial charge in [0.1, 0.15) is 0 Å². The number of thioether (sulfide) groups is 1. The maximum Gasteiger partial charge on any atom is 0.0728 e. The van der Waals surface area contributed by atoms with Crippen LogP contribution in [0.25, 0.3) is 0 Å². The molecule has 60 valence electrons. The molecule has 0 aliphatic heterocycles. The third-order valence-electron chi connectivity index (χ3n) is 1.10.